The molecule has 1 aromatic carbocycles. The predicted molar refractivity (Wildman–Crippen MR) is 92.1 cm³/mol. The van der Waals surface area contributed by atoms with Gasteiger partial charge in [-0.15, -0.1) is 0 Å². The number of benzene rings is 1. The van der Waals surface area contributed by atoms with Gasteiger partial charge in [-0.3, -0.25) is 4.79 Å². The summed E-state index contributed by atoms with van der Waals surface area (Å²) in [6.45, 7) is 1.80. The van der Waals surface area contributed by atoms with Gasteiger partial charge in [-0.05, 0) is 24.3 Å². The van der Waals surface area contributed by atoms with E-state index in [1.54, 1.807) is 29.2 Å². The van der Waals surface area contributed by atoms with Crippen molar-refractivity contribution in [2.75, 3.05) is 26.3 Å². The molecule has 0 saturated carbocycles. The van der Waals surface area contributed by atoms with Crippen molar-refractivity contribution >= 4 is 18.0 Å². The van der Waals surface area contributed by atoms with Crippen LogP contribution in [0.25, 0.3) is 17.4 Å². The molecule has 1 amide bonds. The number of aromatic carboxylic acids is 1. The van der Waals surface area contributed by atoms with Crippen LogP contribution in [-0.2, 0) is 9.53 Å². The molecule has 0 bridgehead atoms. The monoisotopic (exact) mass is 352 g/mol. The summed E-state index contributed by atoms with van der Waals surface area (Å²) in [5, 5.41) is 18.4. The lowest BCUT2D eigenvalue weighted by molar-refractivity contribution is -0.130. The number of morpholine rings is 1. The van der Waals surface area contributed by atoms with Crippen molar-refractivity contribution in [3.63, 3.8) is 0 Å². The third kappa shape index (κ3) is 3.82. The number of furan rings is 1. The second-order valence-corrected chi connectivity index (χ2v) is 5.66. The smallest absolute Gasteiger partial charge is 0.335 e. The number of carboxylic acid groups (broad SMARTS) is 1. The molecule has 0 atom stereocenters. The Labute approximate surface area is 149 Å². The Morgan fingerprint density at radius 3 is 2.65 bits per heavy atom. The zero-order valence-electron chi connectivity index (χ0n) is 13.8. The lowest BCUT2D eigenvalue weighted by Gasteiger charge is -2.26. The molecule has 1 saturated heterocycles. The number of nitrogens with zero attached hydrogens (tertiary/aromatic N) is 2. The van der Waals surface area contributed by atoms with Crippen LogP contribution >= 0.6 is 0 Å². The summed E-state index contributed by atoms with van der Waals surface area (Å²) in [5.41, 5.74) is 0.728. The maximum atomic E-state index is 12.4. The van der Waals surface area contributed by atoms with Gasteiger partial charge in [0.15, 0.2) is 0 Å². The summed E-state index contributed by atoms with van der Waals surface area (Å²) in [4.78, 5) is 25.0. The molecule has 1 fully saturated rings. The number of ether oxygens (including phenoxy) is 1. The highest BCUT2D eigenvalue weighted by Crippen LogP contribution is 2.24. The molecule has 1 N–H and O–H groups in total. The number of nitriles is 1. The summed E-state index contributed by atoms with van der Waals surface area (Å²) >= 11 is 0. The number of hydrogen-bond donors (Lipinski definition) is 1. The Hall–Kier alpha value is -3.37. The van der Waals surface area contributed by atoms with Gasteiger partial charge in [0.05, 0.1) is 18.8 Å². The number of carbonyl (C=O) groups is 2. The van der Waals surface area contributed by atoms with Gasteiger partial charge < -0.3 is 19.2 Å². The van der Waals surface area contributed by atoms with E-state index in [0.717, 1.165) is 0 Å². The predicted octanol–water partition coefficient (Wildman–Crippen LogP) is 2.41. The average molecular weight is 352 g/mol. The maximum absolute atomic E-state index is 12.4. The molecule has 0 aliphatic carbocycles. The molecule has 2 heterocycles. The molecular formula is C19H16N2O5. The van der Waals surface area contributed by atoms with Crippen LogP contribution < -0.4 is 0 Å². The van der Waals surface area contributed by atoms with Crippen molar-refractivity contribution in [3.8, 4) is 17.4 Å². The summed E-state index contributed by atoms with van der Waals surface area (Å²) < 4.78 is 10.9. The second kappa shape index (κ2) is 7.68. The van der Waals surface area contributed by atoms with Gasteiger partial charge in [0.25, 0.3) is 5.91 Å². The molecule has 132 valence electrons. The molecule has 2 aromatic rings. The Kier molecular flexibility index (Phi) is 5.15. The van der Waals surface area contributed by atoms with Gasteiger partial charge in [0.2, 0.25) is 0 Å². The van der Waals surface area contributed by atoms with Crippen molar-refractivity contribution in [2.24, 2.45) is 0 Å². The van der Waals surface area contributed by atoms with Crippen molar-refractivity contribution in [3.05, 3.63) is 53.3 Å². The molecule has 26 heavy (non-hydrogen) atoms. The average Bonchev–Trinajstić information content (AvgIpc) is 3.15. The van der Waals surface area contributed by atoms with Gasteiger partial charge in [-0.1, -0.05) is 12.1 Å². The largest absolute Gasteiger partial charge is 0.478 e. The first-order chi connectivity index (χ1) is 12.6. The van der Waals surface area contributed by atoms with Crippen LogP contribution in [0.3, 0.4) is 0 Å². The minimum absolute atomic E-state index is 0.0212. The maximum Gasteiger partial charge on any atom is 0.335 e. The summed E-state index contributed by atoms with van der Waals surface area (Å²) in [6, 6.07) is 11.6. The fourth-order valence-electron chi connectivity index (χ4n) is 2.61. The van der Waals surface area contributed by atoms with Gasteiger partial charge in [-0.2, -0.15) is 5.26 Å². The van der Waals surface area contributed by atoms with Crippen molar-refractivity contribution in [1.82, 2.24) is 4.90 Å². The molecule has 3 rings (SSSR count). The third-order valence-corrected chi connectivity index (χ3v) is 3.96. The number of carboxylic acids is 1. The number of hydrogen-bond acceptors (Lipinski definition) is 5. The Balaban J connectivity index is 1.83. The number of amides is 1. The first-order valence-electron chi connectivity index (χ1n) is 8.01. The number of carbonyl (C=O) groups excluding carboxylic acids is 1. The van der Waals surface area contributed by atoms with E-state index in [1.165, 1.54) is 18.2 Å². The van der Waals surface area contributed by atoms with Crippen LogP contribution in [0, 0.1) is 11.3 Å². The van der Waals surface area contributed by atoms with Crippen LogP contribution in [0.4, 0.5) is 0 Å². The van der Waals surface area contributed by atoms with E-state index in [2.05, 4.69) is 0 Å². The van der Waals surface area contributed by atoms with E-state index in [-0.39, 0.29) is 17.0 Å². The molecule has 1 aromatic heterocycles. The first kappa shape index (κ1) is 17.5. The van der Waals surface area contributed by atoms with Gasteiger partial charge in [0.1, 0.15) is 23.2 Å². The van der Waals surface area contributed by atoms with Crippen LogP contribution in [0.5, 0.6) is 0 Å². The van der Waals surface area contributed by atoms with E-state index in [9.17, 15) is 14.9 Å². The van der Waals surface area contributed by atoms with Gasteiger partial charge in [-0.25, -0.2) is 4.79 Å². The topological polar surface area (TPSA) is 104 Å². The summed E-state index contributed by atoms with van der Waals surface area (Å²) in [6.07, 6.45) is 1.39. The number of rotatable bonds is 4. The molecule has 1 aliphatic rings. The van der Waals surface area contributed by atoms with Crippen molar-refractivity contribution in [1.29, 1.82) is 5.26 Å². The van der Waals surface area contributed by atoms with E-state index in [0.29, 0.717) is 43.4 Å². The quantitative estimate of drug-likeness (QED) is 0.669. The SMILES string of the molecule is N#C/C(=C\c1ccc(-c2cccc(C(=O)O)c2)o1)C(=O)N1CCOCC1. The Morgan fingerprint density at radius 1 is 1.19 bits per heavy atom. The zero-order chi connectivity index (χ0) is 18.5. The van der Waals surface area contributed by atoms with Crippen LogP contribution in [0.1, 0.15) is 16.1 Å². The molecule has 7 nitrogen and oxygen atoms in total. The summed E-state index contributed by atoms with van der Waals surface area (Å²) in [7, 11) is 0. The lowest BCUT2D eigenvalue weighted by Crippen LogP contribution is -2.41. The summed E-state index contributed by atoms with van der Waals surface area (Å²) in [5.74, 6) is -0.586. The fourth-order valence-corrected chi connectivity index (χ4v) is 2.61. The fraction of sp³-hybridized carbons (Fsp3) is 0.211. The molecular weight excluding hydrogens is 336 g/mol. The minimum atomic E-state index is -1.03. The van der Waals surface area contributed by atoms with E-state index in [4.69, 9.17) is 14.3 Å². The van der Waals surface area contributed by atoms with E-state index in [1.807, 2.05) is 6.07 Å². The normalized spacial score (nSPS) is 14.7. The van der Waals surface area contributed by atoms with Gasteiger partial charge >= 0.3 is 5.97 Å². The van der Waals surface area contributed by atoms with Crippen LogP contribution in [0.15, 0.2) is 46.4 Å². The molecule has 0 radical (unpaired) electrons. The van der Waals surface area contributed by atoms with Crippen LogP contribution in [0.2, 0.25) is 0 Å². The van der Waals surface area contributed by atoms with Crippen LogP contribution in [-0.4, -0.2) is 48.2 Å². The van der Waals surface area contributed by atoms with Gasteiger partial charge in [0, 0.05) is 24.7 Å². The zero-order valence-corrected chi connectivity index (χ0v) is 13.8. The highest BCUT2D eigenvalue weighted by atomic mass is 16.5. The lowest BCUT2D eigenvalue weighted by atomic mass is 10.1. The molecule has 1 aliphatic heterocycles. The van der Waals surface area contributed by atoms with Crippen molar-refractivity contribution < 1.29 is 23.8 Å². The van der Waals surface area contributed by atoms with E-state index < -0.39 is 5.97 Å². The standard InChI is InChI=1S/C19H16N2O5/c20-12-15(18(22)21-6-8-25-9-7-21)11-16-4-5-17(26-16)13-2-1-3-14(10-13)19(23)24/h1-5,10-11H,6-9H2,(H,23,24)/b15-11+. The first-order valence-corrected chi connectivity index (χ1v) is 8.01. The second-order valence-electron chi connectivity index (χ2n) is 5.66. The van der Waals surface area contributed by atoms with E-state index >= 15 is 0 Å². The molecule has 0 unspecified atom stereocenters. The minimum Gasteiger partial charge on any atom is -0.478 e. The van der Waals surface area contributed by atoms with Crippen molar-refractivity contribution in [2.45, 2.75) is 0 Å². The highest BCUT2D eigenvalue weighted by molar-refractivity contribution is 6.01. The Morgan fingerprint density at radius 2 is 1.96 bits per heavy atom. The molecule has 0 spiro atoms. The Bertz CT molecular complexity index is 901. The third-order valence-electron chi connectivity index (χ3n) is 3.96. The highest BCUT2D eigenvalue weighted by Gasteiger charge is 2.21. The molecule has 7 heteroatoms.